The third-order valence-electron chi connectivity index (χ3n) is 2.75. The molecule has 0 aliphatic carbocycles. The lowest BCUT2D eigenvalue weighted by Gasteiger charge is -2.10. The van der Waals surface area contributed by atoms with E-state index in [4.69, 9.17) is 22.5 Å². The van der Waals surface area contributed by atoms with E-state index in [1.165, 1.54) is 0 Å². The first-order valence-electron chi connectivity index (χ1n) is 6.70. The highest BCUT2D eigenvalue weighted by Gasteiger charge is 2.06. The second-order valence-corrected chi connectivity index (χ2v) is 5.35. The van der Waals surface area contributed by atoms with Gasteiger partial charge in [-0.05, 0) is 25.5 Å². The molecule has 0 fully saturated rings. The molecule has 0 aliphatic rings. The summed E-state index contributed by atoms with van der Waals surface area (Å²) in [5, 5.41) is 18.0. The summed E-state index contributed by atoms with van der Waals surface area (Å²) in [5.74, 6) is 0.0349. The topological polar surface area (TPSA) is 99.7 Å². The number of amidine groups is 1. The fourth-order valence-electron chi connectivity index (χ4n) is 1.73. The summed E-state index contributed by atoms with van der Waals surface area (Å²) >= 11 is 6.13. The minimum absolute atomic E-state index is 0.0155. The second-order valence-electron chi connectivity index (χ2n) is 4.94. The normalized spacial score (nSPS) is 11.7. The Hall–Kier alpha value is -1.79. The molecule has 0 spiro atoms. The summed E-state index contributed by atoms with van der Waals surface area (Å²) in [5.41, 5.74) is 6.93. The third kappa shape index (κ3) is 6.01. The molecule has 0 saturated heterocycles. The van der Waals surface area contributed by atoms with Crippen molar-refractivity contribution >= 4 is 23.3 Å². The van der Waals surface area contributed by atoms with Gasteiger partial charge in [0.15, 0.2) is 5.84 Å². The van der Waals surface area contributed by atoms with E-state index >= 15 is 0 Å². The zero-order valence-corrected chi connectivity index (χ0v) is 12.9. The number of hydrogen-bond acceptors (Lipinski definition) is 4. The smallest absolute Gasteiger partial charge is 0.221 e. The molecule has 0 aliphatic heterocycles. The molecular formula is C14H21ClN4O2. The number of carbonyl (C=O) groups is 1. The van der Waals surface area contributed by atoms with Crippen LogP contribution in [0.4, 0.5) is 0 Å². The lowest BCUT2D eigenvalue weighted by Crippen LogP contribution is -2.32. The van der Waals surface area contributed by atoms with Crippen molar-refractivity contribution < 1.29 is 10.0 Å². The first kappa shape index (κ1) is 17.3. The van der Waals surface area contributed by atoms with Crippen molar-refractivity contribution in [3.05, 3.63) is 34.3 Å². The van der Waals surface area contributed by atoms with Crippen molar-refractivity contribution in [2.24, 2.45) is 10.9 Å². The molecule has 0 aromatic heterocycles. The van der Waals surface area contributed by atoms with Crippen molar-refractivity contribution in [2.75, 3.05) is 6.54 Å². The van der Waals surface area contributed by atoms with Gasteiger partial charge in [-0.3, -0.25) is 4.79 Å². The van der Waals surface area contributed by atoms with E-state index in [1.807, 2.05) is 13.8 Å². The van der Waals surface area contributed by atoms with Crippen LogP contribution < -0.4 is 16.4 Å². The van der Waals surface area contributed by atoms with E-state index in [2.05, 4.69) is 15.8 Å². The maximum absolute atomic E-state index is 11.5. The summed E-state index contributed by atoms with van der Waals surface area (Å²) in [4.78, 5) is 11.5. The summed E-state index contributed by atoms with van der Waals surface area (Å²) in [6, 6.07) is 5.32. The maximum Gasteiger partial charge on any atom is 0.221 e. The molecule has 0 saturated carbocycles. The zero-order valence-electron chi connectivity index (χ0n) is 12.2. The monoisotopic (exact) mass is 312 g/mol. The van der Waals surface area contributed by atoms with Crippen LogP contribution in [0, 0.1) is 0 Å². The molecule has 1 amide bonds. The van der Waals surface area contributed by atoms with Gasteiger partial charge in [0.25, 0.3) is 0 Å². The van der Waals surface area contributed by atoms with E-state index in [-0.39, 0.29) is 17.8 Å². The lowest BCUT2D eigenvalue weighted by atomic mass is 10.1. The second kappa shape index (κ2) is 8.49. The molecule has 0 radical (unpaired) electrons. The van der Waals surface area contributed by atoms with E-state index in [0.717, 1.165) is 5.56 Å². The van der Waals surface area contributed by atoms with Crippen LogP contribution in [0.3, 0.4) is 0 Å². The Bertz CT molecular complexity index is 518. The first-order chi connectivity index (χ1) is 9.93. The van der Waals surface area contributed by atoms with Crippen LogP contribution in [0.5, 0.6) is 0 Å². The Labute approximate surface area is 129 Å². The number of amides is 1. The van der Waals surface area contributed by atoms with Crippen LogP contribution in [0.2, 0.25) is 5.02 Å². The standard InChI is InChI=1S/C14H21ClN4O2/c1-9(2)18-13(20)5-6-17-8-11-4-3-10(7-12(11)15)14(16)19-21/h3-4,7,9,17,21H,5-6,8H2,1-2H3,(H2,16,19)(H,18,20). The lowest BCUT2D eigenvalue weighted by molar-refractivity contribution is -0.121. The van der Waals surface area contributed by atoms with E-state index < -0.39 is 0 Å². The molecular weight excluding hydrogens is 292 g/mol. The summed E-state index contributed by atoms with van der Waals surface area (Å²) in [6.07, 6.45) is 0.415. The Kier molecular flexibility index (Phi) is 6.98. The molecule has 0 atom stereocenters. The average molecular weight is 313 g/mol. The molecule has 6 nitrogen and oxygen atoms in total. The summed E-state index contributed by atoms with van der Waals surface area (Å²) in [6.45, 7) is 4.96. The highest BCUT2D eigenvalue weighted by Crippen LogP contribution is 2.17. The SMILES string of the molecule is CC(C)NC(=O)CCNCc1ccc(/C(N)=N/O)cc1Cl. The van der Waals surface area contributed by atoms with Gasteiger partial charge in [-0.1, -0.05) is 28.9 Å². The van der Waals surface area contributed by atoms with Gasteiger partial charge in [-0.2, -0.15) is 0 Å². The predicted molar refractivity (Wildman–Crippen MR) is 83.6 cm³/mol. The zero-order chi connectivity index (χ0) is 15.8. The number of oxime groups is 1. The van der Waals surface area contributed by atoms with Gasteiger partial charge in [0.05, 0.1) is 0 Å². The van der Waals surface area contributed by atoms with Crippen molar-refractivity contribution in [1.82, 2.24) is 10.6 Å². The van der Waals surface area contributed by atoms with Crippen LogP contribution in [-0.2, 0) is 11.3 Å². The highest BCUT2D eigenvalue weighted by atomic mass is 35.5. The maximum atomic E-state index is 11.5. The van der Waals surface area contributed by atoms with Crippen LogP contribution in [-0.4, -0.2) is 29.5 Å². The quantitative estimate of drug-likeness (QED) is 0.201. The van der Waals surface area contributed by atoms with E-state index in [9.17, 15) is 4.79 Å². The van der Waals surface area contributed by atoms with Gasteiger partial charge in [0, 0.05) is 36.1 Å². The van der Waals surface area contributed by atoms with Gasteiger partial charge < -0.3 is 21.6 Å². The van der Waals surface area contributed by atoms with Crippen molar-refractivity contribution in [3.8, 4) is 0 Å². The molecule has 5 N–H and O–H groups in total. The van der Waals surface area contributed by atoms with Crippen LogP contribution in [0.25, 0.3) is 0 Å². The summed E-state index contributed by atoms with van der Waals surface area (Å²) in [7, 11) is 0. The minimum atomic E-state index is 0.0155. The fourth-order valence-corrected chi connectivity index (χ4v) is 1.97. The fraction of sp³-hybridized carbons (Fsp3) is 0.429. The molecule has 116 valence electrons. The number of nitrogens with zero attached hydrogens (tertiary/aromatic N) is 1. The third-order valence-corrected chi connectivity index (χ3v) is 3.10. The number of carbonyl (C=O) groups excluding carboxylic acids is 1. The van der Waals surface area contributed by atoms with Gasteiger partial charge in [-0.25, -0.2) is 0 Å². The Morgan fingerprint density at radius 3 is 2.76 bits per heavy atom. The predicted octanol–water partition coefficient (Wildman–Crippen LogP) is 1.44. The van der Waals surface area contributed by atoms with Crippen LogP contribution in [0.1, 0.15) is 31.4 Å². The Balaban J connectivity index is 2.44. The molecule has 21 heavy (non-hydrogen) atoms. The number of nitrogens with two attached hydrogens (primary N) is 1. The molecule has 7 heteroatoms. The molecule has 1 rings (SSSR count). The number of halogens is 1. The Morgan fingerprint density at radius 1 is 1.48 bits per heavy atom. The van der Waals surface area contributed by atoms with Crippen molar-refractivity contribution in [3.63, 3.8) is 0 Å². The summed E-state index contributed by atoms with van der Waals surface area (Å²) < 4.78 is 0. The van der Waals surface area contributed by atoms with E-state index in [0.29, 0.717) is 30.1 Å². The molecule has 0 unspecified atom stereocenters. The van der Waals surface area contributed by atoms with Crippen molar-refractivity contribution in [2.45, 2.75) is 32.9 Å². The van der Waals surface area contributed by atoms with Gasteiger partial charge >= 0.3 is 0 Å². The number of benzene rings is 1. The van der Waals surface area contributed by atoms with Gasteiger partial charge in [0.1, 0.15) is 0 Å². The molecule has 0 heterocycles. The Morgan fingerprint density at radius 2 is 2.19 bits per heavy atom. The molecule has 1 aromatic rings. The first-order valence-corrected chi connectivity index (χ1v) is 7.08. The van der Waals surface area contributed by atoms with Gasteiger partial charge in [0.2, 0.25) is 5.91 Å². The largest absolute Gasteiger partial charge is 0.409 e. The van der Waals surface area contributed by atoms with Crippen LogP contribution >= 0.6 is 11.6 Å². The number of nitrogens with one attached hydrogen (secondary N) is 2. The van der Waals surface area contributed by atoms with Crippen molar-refractivity contribution in [1.29, 1.82) is 0 Å². The highest BCUT2D eigenvalue weighted by molar-refractivity contribution is 6.31. The van der Waals surface area contributed by atoms with E-state index in [1.54, 1.807) is 18.2 Å². The van der Waals surface area contributed by atoms with Gasteiger partial charge in [-0.15, -0.1) is 0 Å². The minimum Gasteiger partial charge on any atom is -0.409 e. The molecule has 1 aromatic carbocycles. The molecule has 0 bridgehead atoms. The van der Waals surface area contributed by atoms with Crippen LogP contribution in [0.15, 0.2) is 23.4 Å². The number of hydrogen-bond donors (Lipinski definition) is 4. The number of rotatable bonds is 7. The average Bonchev–Trinajstić information content (AvgIpc) is 2.43.